The first-order chi connectivity index (χ1) is 11.8. The molecule has 0 radical (unpaired) electrons. The molecule has 1 aliphatic rings. The number of nitrogens with one attached hydrogen (secondary N) is 1. The number of hydrogen-bond donors (Lipinski definition) is 1. The van der Waals surface area contributed by atoms with Crippen molar-refractivity contribution in [3.8, 4) is 5.75 Å². The molecule has 4 nitrogen and oxygen atoms in total. The van der Waals surface area contributed by atoms with E-state index in [2.05, 4.69) is 46.8 Å². The number of rotatable bonds is 5. The number of likely N-dealkylation sites (tertiary alicyclic amines) is 1. The molecule has 0 spiro atoms. The topological polar surface area (TPSA) is 36.9 Å². The highest BCUT2D eigenvalue weighted by atomic mass is 32.1. The second kappa shape index (κ2) is 8.20. The van der Waals surface area contributed by atoms with Gasteiger partial charge in [0.05, 0.1) is 13.7 Å². The number of ether oxygens (including phenoxy) is 1. The first-order valence-electron chi connectivity index (χ1n) is 8.49. The molecule has 0 bridgehead atoms. The maximum Gasteiger partial charge on any atom is 0.194 e. The molecule has 24 heavy (non-hydrogen) atoms. The number of methoxy groups -OCH3 is 1. The fourth-order valence-electron chi connectivity index (χ4n) is 3.08. The summed E-state index contributed by atoms with van der Waals surface area (Å²) >= 11 is 1.76. The third-order valence-corrected chi connectivity index (χ3v) is 5.24. The minimum Gasteiger partial charge on any atom is -0.497 e. The molecule has 0 aliphatic carbocycles. The Morgan fingerprint density at radius 1 is 1.33 bits per heavy atom. The summed E-state index contributed by atoms with van der Waals surface area (Å²) in [6.45, 7) is 5.84. The monoisotopic (exact) mass is 343 g/mol. The Balaban J connectivity index is 1.65. The van der Waals surface area contributed by atoms with Crippen LogP contribution in [0.15, 0.2) is 46.8 Å². The van der Waals surface area contributed by atoms with Crippen LogP contribution >= 0.6 is 11.3 Å². The van der Waals surface area contributed by atoms with Crippen molar-refractivity contribution in [2.45, 2.75) is 25.8 Å². The van der Waals surface area contributed by atoms with Crippen molar-refractivity contribution in [2.24, 2.45) is 4.99 Å². The van der Waals surface area contributed by atoms with Gasteiger partial charge in [-0.05, 0) is 42.5 Å². The van der Waals surface area contributed by atoms with Gasteiger partial charge in [0.2, 0.25) is 0 Å². The zero-order chi connectivity index (χ0) is 16.8. The highest BCUT2D eigenvalue weighted by Crippen LogP contribution is 2.28. The molecule has 2 heterocycles. The van der Waals surface area contributed by atoms with Crippen LogP contribution < -0.4 is 10.1 Å². The number of nitrogens with zero attached hydrogens (tertiary/aromatic N) is 2. The van der Waals surface area contributed by atoms with Gasteiger partial charge in [-0.15, -0.1) is 11.3 Å². The van der Waals surface area contributed by atoms with Gasteiger partial charge in [0.1, 0.15) is 5.75 Å². The van der Waals surface area contributed by atoms with E-state index >= 15 is 0 Å². The van der Waals surface area contributed by atoms with Crippen molar-refractivity contribution in [1.82, 2.24) is 10.2 Å². The fourth-order valence-corrected chi connectivity index (χ4v) is 3.71. The van der Waals surface area contributed by atoms with Crippen molar-refractivity contribution < 1.29 is 4.74 Å². The summed E-state index contributed by atoms with van der Waals surface area (Å²) in [6, 6.07) is 12.7. The van der Waals surface area contributed by atoms with Gasteiger partial charge in [0.15, 0.2) is 5.96 Å². The fraction of sp³-hybridized carbons (Fsp3) is 0.421. The van der Waals surface area contributed by atoms with Gasteiger partial charge in [0, 0.05) is 30.4 Å². The maximum atomic E-state index is 5.25. The van der Waals surface area contributed by atoms with Crippen molar-refractivity contribution >= 4 is 17.3 Å². The predicted octanol–water partition coefficient (Wildman–Crippen LogP) is 3.71. The van der Waals surface area contributed by atoms with Crippen LogP contribution in [-0.2, 0) is 6.54 Å². The molecule has 5 heteroatoms. The SMILES string of the molecule is CCNC(=NCc1cccs1)N1CCC(c2ccc(OC)cc2)C1. The number of guanidine groups is 1. The molecule has 1 aromatic heterocycles. The Kier molecular flexibility index (Phi) is 5.75. The van der Waals surface area contributed by atoms with Crippen LogP contribution in [0.3, 0.4) is 0 Å². The van der Waals surface area contributed by atoms with Gasteiger partial charge in [-0.1, -0.05) is 18.2 Å². The Morgan fingerprint density at radius 3 is 2.83 bits per heavy atom. The zero-order valence-corrected chi connectivity index (χ0v) is 15.2. The van der Waals surface area contributed by atoms with Crippen molar-refractivity contribution in [3.05, 3.63) is 52.2 Å². The standard InChI is InChI=1S/C19H25N3OS/c1-3-20-19(21-13-18-5-4-12-24-18)22-11-10-16(14-22)15-6-8-17(23-2)9-7-15/h4-9,12,16H,3,10-11,13-14H2,1-2H3,(H,20,21). The normalized spacial score (nSPS) is 18.0. The van der Waals surface area contributed by atoms with Gasteiger partial charge in [-0.2, -0.15) is 0 Å². The van der Waals surface area contributed by atoms with Crippen LogP contribution in [0.2, 0.25) is 0 Å². The quantitative estimate of drug-likeness (QED) is 0.664. The molecule has 3 rings (SSSR count). The lowest BCUT2D eigenvalue weighted by Gasteiger charge is -2.21. The predicted molar refractivity (Wildman–Crippen MR) is 101 cm³/mol. The number of thiophene rings is 1. The average molecular weight is 343 g/mol. The van der Waals surface area contributed by atoms with E-state index in [9.17, 15) is 0 Å². The van der Waals surface area contributed by atoms with Crippen molar-refractivity contribution in [2.75, 3.05) is 26.7 Å². The Hall–Kier alpha value is -2.01. The molecule has 1 fully saturated rings. The third kappa shape index (κ3) is 4.09. The number of hydrogen-bond acceptors (Lipinski definition) is 3. The molecular formula is C19H25N3OS. The highest BCUT2D eigenvalue weighted by molar-refractivity contribution is 7.09. The summed E-state index contributed by atoms with van der Waals surface area (Å²) in [4.78, 5) is 8.50. The van der Waals surface area contributed by atoms with Gasteiger partial charge < -0.3 is 15.0 Å². The molecule has 1 unspecified atom stereocenters. The summed E-state index contributed by atoms with van der Waals surface area (Å²) in [5.41, 5.74) is 1.38. The summed E-state index contributed by atoms with van der Waals surface area (Å²) in [5.74, 6) is 2.50. The van der Waals surface area contributed by atoms with Gasteiger partial charge in [0.25, 0.3) is 0 Å². The molecule has 1 aliphatic heterocycles. The summed E-state index contributed by atoms with van der Waals surface area (Å²) in [5, 5.41) is 5.54. The van der Waals surface area contributed by atoms with Crippen LogP contribution in [-0.4, -0.2) is 37.6 Å². The molecule has 2 aromatic rings. The van der Waals surface area contributed by atoms with E-state index in [1.165, 1.54) is 10.4 Å². The summed E-state index contributed by atoms with van der Waals surface area (Å²) in [7, 11) is 1.71. The van der Waals surface area contributed by atoms with Crippen LogP contribution in [0.25, 0.3) is 0 Å². The highest BCUT2D eigenvalue weighted by Gasteiger charge is 2.26. The lowest BCUT2D eigenvalue weighted by atomic mass is 9.98. The summed E-state index contributed by atoms with van der Waals surface area (Å²) < 4.78 is 5.25. The Labute approximate surface area is 148 Å². The van der Waals surface area contributed by atoms with E-state index in [0.717, 1.165) is 44.3 Å². The van der Waals surface area contributed by atoms with Gasteiger partial charge in [-0.25, -0.2) is 4.99 Å². The molecule has 0 saturated carbocycles. The zero-order valence-electron chi connectivity index (χ0n) is 14.4. The van der Waals surface area contributed by atoms with E-state index in [1.807, 2.05) is 12.1 Å². The van der Waals surface area contributed by atoms with E-state index in [0.29, 0.717) is 5.92 Å². The molecule has 1 aromatic carbocycles. The third-order valence-electron chi connectivity index (χ3n) is 4.37. The lowest BCUT2D eigenvalue weighted by molar-refractivity contribution is 0.414. The Bertz CT molecular complexity index is 652. The second-order valence-corrected chi connectivity index (χ2v) is 6.99. The molecular weight excluding hydrogens is 318 g/mol. The smallest absolute Gasteiger partial charge is 0.194 e. The minimum atomic E-state index is 0.557. The van der Waals surface area contributed by atoms with Crippen LogP contribution in [0.4, 0.5) is 0 Å². The molecule has 1 atom stereocenters. The number of aliphatic imine (C=N–C) groups is 1. The number of benzene rings is 1. The van der Waals surface area contributed by atoms with Gasteiger partial charge >= 0.3 is 0 Å². The lowest BCUT2D eigenvalue weighted by Crippen LogP contribution is -2.39. The first-order valence-corrected chi connectivity index (χ1v) is 9.37. The van der Waals surface area contributed by atoms with Crippen LogP contribution in [0.5, 0.6) is 5.75 Å². The largest absolute Gasteiger partial charge is 0.497 e. The Morgan fingerprint density at radius 2 is 2.17 bits per heavy atom. The molecule has 0 amide bonds. The van der Waals surface area contributed by atoms with E-state index in [-0.39, 0.29) is 0 Å². The maximum absolute atomic E-state index is 5.25. The van der Waals surface area contributed by atoms with Crippen LogP contribution in [0.1, 0.15) is 29.7 Å². The van der Waals surface area contributed by atoms with Crippen molar-refractivity contribution in [1.29, 1.82) is 0 Å². The summed E-state index contributed by atoms with van der Waals surface area (Å²) in [6.07, 6.45) is 1.16. The average Bonchev–Trinajstić information content (AvgIpc) is 3.30. The van der Waals surface area contributed by atoms with E-state index in [1.54, 1.807) is 18.4 Å². The van der Waals surface area contributed by atoms with E-state index in [4.69, 9.17) is 9.73 Å². The molecule has 1 saturated heterocycles. The second-order valence-electron chi connectivity index (χ2n) is 5.95. The van der Waals surface area contributed by atoms with E-state index < -0.39 is 0 Å². The van der Waals surface area contributed by atoms with Crippen LogP contribution in [0, 0.1) is 0 Å². The first kappa shape index (κ1) is 16.8. The molecule has 128 valence electrons. The van der Waals surface area contributed by atoms with Gasteiger partial charge in [-0.3, -0.25) is 0 Å². The van der Waals surface area contributed by atoms with Crippen molar-refractivity contribution in [3.63, 3.8) is 0 Å². The minimum absolute atomic E-state index is 0.557. The molecule has 1 N–H and O–H groups in total.